The highest BCUT2D eigenvalue weighted by molar-refractivity contribution is 6.74. The first kappa shape index (κ1) is 17.7. The van der Waals surface area contributed by atoms with Crippen LogP contribution < -0.4 is 0 Å². The highest BCUT2D eigenvalue weighted by Crippen LogP contribution is 2.36. The third-order valence-corrected chi connectivity index (χ3v) is 8.03. The van der Waals surface area contributed by atoms with Gasteiger partial charge in [-0.3, -0.25) is 0 Å². The third-order valence-electron chi connectivity index (χ3n) is 3.49. The van der Waals surface area contributed by atoms with Crippen molar-refractivity contribution in [2.75, 3.05) is 13.2 Å². The summed E-state index contributed by atoms with van der Waals surface area (Å²) in [6, 6.07) is 0. The predicted molar refractivity (Wildman–Crippen MR) is 77.9 cm³/mol. The molecule has 0 aromatic carbocycles. The van der Waals surface area contributed by atoms with Gasteiger partial charge < -0.3 is 14.6 Å². The molecule has 3 nitrogen and oxygen atoms in total. The smallest absolute Gasteiger partial charge is 0.191 e. The molecule has 18 heavy (non-hydrogen) atoms. The number of hydrogen-bond donors (Lipinski definition) is 2. The first-order valence-corrected chi connectivity index (χ1v) is 9.53. The van der Waals surface area contributed by atoms with Crippen LogP contribution in [0.15, 0.2) is 0 Å². The van der Waals surface area contributed by atoms with E-state index in [1.165, 1.54) is 0 Å². The van der Waals surface area contributed by atoms with Gasteiger partial charge in [-0.15, -0.1) is 0 Å². The summed E-state index contributed by atoms with van der Waals surface area (Å²) in [6.07, 6.45) is 1.87. The fraction of sp³-hybridized carbons (Fsp3) is 0.857. The summed E-state index contributed by atoms with van der Waals surface area (Å²) >= 11 is 0. The summed E-state index contributed by atoms with van der Waals surface area (Å²) in [7, 11) is -1.63. The Morgan fingerprint density at radius 3 is 2.33 bits per heavy atom. The van der Waals surface area contributed by atoms with Crippen LogP contribution in [0.4, 0.5) is 0 Å². The van der Waals surface area contributed by atoms with E-state index in [9.17, 15) is 5.11 Å². The maximum absolute atomic E-state index is 9.45. The molecule has 0 fully saturated rings. The van der Waals surface area contributed by atoms with E-state index < -0.39 is 14.4 Å². The van der Waals surface area contributed by atoms with E-state index in [-0.39, 0.29) is 11.6 Å². The molecule has 0 aliphatic rings. The van der Waals surface area contributed by atoms with Crippen LogP contribution in [0.25, 0.3) is 0 Å². The largest absolute Gasteiger partial charge is 0.417 e. The van der Waals surface area contributed by atoms with Gasteiger partial charge in [0.25, 0.3) is 0 Å². The summed E-state index contributed by atoms with van der Waals surface area (Å²) in [6.45, 7) is 11.7. The second-order valence-electron chi connectivity index (χ2n) is 6.10. The van der Waals surface area contributed by atoms with Gasteiger partial charge in [0, 0.05) is 6.61 Å². The van der Waals surface area contributed by atoms with Crippen LogP contribution in [0.5, 0.6) is 0 Å². The maximum atomic E-state index is 9.45. The van der Waals surface area contributed by atoms with Crippen molar-refractivity contribution in [3.05, 3.63) is 0 Å². The molecule has 0 spiro atoms. The Balaban J connectivity index is 3.75. The molecule has 0 radical (unpaired) electrons. The Bertz CT molecular complexity index is 284. The Morgan fingerprint density at radius 2 is 1.83 bits per heavy atom. The van der Waals surface area contributed by atoms with Crippen LogP contribution >= 0.6 is 0 Å². The van der Waals surface area contributed by atoms with E-state index in [2.05, 4.69) is 45.7 Å². The summed E-state index contributed by atoms with van der Waals surface area (Å²) in [5.74, 6) is 5.05. The Kier molecular flexibility index (Phi) is 7.80. The van der Waals surface area contributed by atoms with E-state index in [4.69, 9.17) is 9.53 Å². The highest BCUT2D eigenvalue weighted by Gasteiger charge is 2.36. The lowest BCUT2D eigenvalue weighted by Crippen LogP contribution is -2.40. The van der Waals surface area contributed by atoms with Gasteiger partial charge in [0.1, 0.15) is 12.7 Å². The molecule has 1 unspecified atom stereocenters. The van der Waals surface area contributed by atoms with Gasteiger partial charge in [-0.25, -0.2) is 0 Å². The Labute approximate surface area is 113 Å². The zero-order valence-electron chi connectivity index (χ0n) is 12.4. The molecule has 0 saturated carbocycles. The van der Waals surface area contributed by atoms with Crippen LogP contribution in [0, 0.1) is 11.8 Å². The maximum Gasteiger partial charge on any atom is 0.191 e. The van der Waals surface area contributed by atoms with Crippen LogP contribution in [0.3, 0.4) is 0 Å². The monoisotopic (exact) mass is 272 g/mol. The topological polar surface area (TPSA) is 49.7 Å². The number of rotatable bonds is 6. The van der Waals surface area contributed by atoms with Crippen molar-refractivity contribution in [3.63, 3.8) is 0 Å². The molecule has 0 saturated heterocycles. The predicted octanol–water partition coefficient (Wildman–Crippen LogP) is 2.54. The molecule has 0 bridgehead atoms. The van der Waals surface area contributed by atoms with Crippen molar-refractivity contribution in [1.82, 2.24) is 0 Å². The molecular weight excluding hydrogens is 244 g/mol. The first-order chi connectivity index (χ1) is 8.20. The molecule has 0 heterocycles. The molecule has 0 aromatic rings. The minimum absolute atomic E-state index is 0.189. The lowest BCUT2D eigenvalue weighted by atomic mass is 10.1. The van der Waals surface area contributed by atoms with Crippen molar-refractivity contribution in [2.45, 2.75) is 64.3 Å². The van der Waals surface area contributed by atoms with E-state index in [0.717, 1.165) is 19.4 Å². The van der Waals surface area contributed by atoms with Gasteiger partial charge in [-0.05, 0) is 37.4 Å². The summed E-state index contributed by atoms with van der Waals surface area (Å²) in [5.41, 5.74) is 0. The molecule has 0 rings (SSSR count). The average molecular weight is 272 g/mol. The van der Waals surface area contributed by atoms with Gasteiger partial charge in [-0.1, -0.05) is 32.6 Å². The van der Waals surface area contributed by atoms with Crippen molar-refractivity contribution in [1.29, 1.82) is 0 Å². The minimum atomic E-state index is -1.63. The van der Waals surface area contributed by atoms with Crippen molar-refractivity contribution in [2.24, 2.45) is 0 Å². The first-order valence-electron chi connectivity index (χ1n) is 6.62. The Morgan fingerprint density at radius 1 is 1.22 bits per heavy atom. The molecule has 0 aliphatic carbocycles. The Hall–Kier alpha value is -0.343. The minimum Gasteiger partial charge on any atom is -0.417 e. The second kappa shape index (κ2) is 7.95. The molecule has 2 N–H and O–H groups in total. The van der Waals surface area contributed by atoms with Crippen LogP contribution in [0.1, 0.15) is 40.0 Å². The van der Waals surface area contributed by atoms with E-state index >= 15 is 0 Å². The fourth-order valence-electron chi connectivity index (χ4n) is 1.22. The fourth-order valence-corrected chi connectivity index (χ4v) is 2.31. The molecule has 0 aromatic heterocycles. The molecule has 4 heteroatoms. The lowest BCUT2D eigenvalue weighted by Gasteiger charge is -2.36. The molecule has 1 atom stereocenters. The summed E-state index contributed by atoms with van der Waals surface area (Å²) < 4.78 is 6.04. The molecule has 0 aliphatic heterocycles. The molecule has 0 amide bonds. The number of aliphatic hydroxyl groups is 2. The number of unbranched alkanes of at least 4 members (excludes halogenated alkanes) is 1. The van der Waals surface area contributed by atoms with E-state index in [1.807, 2.05) is 0 Å². The van der Waals surface area contributed by atoms with Gasteiger partial charge in [0.15, 0.2) is 8.32 Å². The molecule has 106 valence electrons. The molecular formula is C14H28O3Si. The SMILES string of the molecule is CC(C)(C)[Si](C)(C)OCCCCC(O)C#CCO. The van der Waals surface area contributed by atoms with Gasteiger partial charge in [-0.2, -0.15) is 0 Å². The second-order valence-corrected chi connectivity index (χ2v) is 10.9. The average Bonchev–Trinajstić information content (AvgIpc) is 2.24. The third kappa shape index (κ3) is 7.17. The van der Waals surface area contributed by atoms with Crippen molar-refractivity contribution < 1.29 is 14.6 Å². The van der Waals surface area contributed by atoms with E-state index in [1.54, 1.807) is 0 Å². The van der Waals surface area contributed by atoms with Crippen LogP contribution in [-0.2, 0) is 4.43 Å². The standard InChI is InChI=1S/C14H28O3Si/c1-14(2,3)18(4,5)17-12-7-6-9-13(16)10-8-11-15/h13,15-16H,6-7,9,11-12H2,1-5H3. The zero-order valence-corrected chi connectivity index (χ0v) is 13.4. The lowest BCUT2D eigenvalue weighted by molar-refractivity contribution is 0.209. The quantitative estimate of drug-likeness (QED) is 0.444. The summed E-state index contributed by atoms with van der Waals surface area (Å²) in [5, 5.41) is 18.2. The van der Waals surface area contributed by atoms with Crippen LogP contribution in [-0.4, -0.2) is 37.8 Å². The van der Waals surface area contributed by atoms with Crippen LogP contribution in [0.2, 0.25) is 18.1 Å². The van der Waals surface area contributed by atoms with E-state index in [0.29, 0.717) is 6.42 Å². The van der Waals surface area contributed by atoms with Crippen molar-refractivity contribution >= 4 is 8.32 Å². The van der Waals surface area contributed by atoms with Gasteiger partial charge in [0.05, 0.1) is 0 Å². The highest BCUT2D eigenvalue weighted by atomic mass is 28.4. The normalized spacial score (nSPS) is 13.9. The van der Waals surface area contributed by atoms with Crippen molar-refractivity contribution in [3.8, 4) is 11.8 Å². The van der Waals surface area contributed by atoms with Gasteiger partial charge >= 0.3 is 0 Å². The number of aliphatic hydroxyl groups excluding tert-OH is 2. The zero-order chi connectivity index (χ0) is 14.2. The summed E-state index contributed by atoms with van der Waals surface area (Å²) in [4.78, 5) is 0. The van der Waals surface area contributed by atoms with Gasteiger partial charge in [0.2, 0.25) is 0 Å². The number of hydrogen-bond acceptors (Lipinski definition) is 3.